The number of piperidine rings is 1. The number of aryl methyl sites for hydroxylation is 1. The van der Waals surface area contributed by atoms with Gasteiger partial charge in [-0.3, -0.25) is 0 Å². The Kier molecular flexibility index (Phi) is 4.50. The molecule has 0 unspecified atom stereocenters. The Morgan fingerprint density at radius 2 is 1.88 bits per heavy atom. The smallest absolute Gasteiger partial charge is 0.0263 e. The van der Waals surface area contributed by atoms with E-state index >= 15 is 0 Å². The number of nitrogens with zero attached hydrogens (tertiary/aromatic N) is 1. The maximum Gasteiger partial charge on any atom is 0.0263 e. The Morgan fingerprint density at radius 3 is 2.53 bits per heavy atom. The molecular formula is C16H21N. The average molecular weight is 227 g/mol. The summed E-state index contributed by atoms with van der Waals surface area (Å²) in [6, 6.07) is 13.5. The molecule has 90 valence electrons. The monoisotopic (exact) mass is 227 g/mol. The van der Waals surface area contributed by atoms with Gasteiger partial charge in [-0.05, 0) is 43.6 Å². The molecule has 0 aliphatic carbocycles. The van der Waals surface area contributed by atoms with Crippen molar-refractivity contribution >= 4 is 0 Å². The summed E-state index contributed by atoms with van der Waals surface area (Å²) in [4.78, 5) is 2.10. The zero-order chi connectivity index (χ0) is 11.9. The predicted octanol–water partition coefficient (Wildman–Crippen LogP) is 3.31. The molecule has 1 heteroatoms. The molecule has 1 aliphatic rings. The van der Waals surface area contributed by atoms with Crippen molar-refractivity contribution in [1.82, 2.24) is 4.90 Å². The highest BCUT2D eigenvalue weighted by Gasteiger charge is 2.16. The predicted molar refractivity (Wildman–Crippen MR) is 72.5 cm³/mol. The molecule has 1 heterocycles. The van der Waals surface area contributed by atoms with E-state index in [0.29, 0.717) is 0 Å². The van der Waals surface area contributed by atoms with Gasteiger partial charge in [0.05, 0.1) is 0 Å². The summed E-state index contributed by atoms with van der Waals surface area (Å²) in [7, 11) is 0. The van der Waals surface area contributed by atoms with Crippen molar-refractivity contribution < 1.29 is 0 Å². The maximum atomic E-state index is 5.40. The summed E-state index contributed by atoms with van der Waals surface area (Å²) in [5, 5.41) is 0. The molecule has 1 fully saturated rings. The molecular weight excluding hydrogens is 206 g/mol. The molecule has 0 N–H and O–H groups in total. The number of rotatable bonds is 4. The zero-order valence-electron chi connectivity index (χ0n) is 10.4. The van der Waals surface area contributed by atoms with Gasteiger partial charge in [-0.2, -0.15) is 0 Å². The summed E-state index contributed by atoms with van der Waals surface area (Å²) in [5.41, 5.74) is 1.47. The van der Waals surface area contributed by atoms with Crippen LogP contribution in [0.4, 0.5) is 0 Å². The molecule has 1 aromatic rings. The van der Waals surface area contributed by atoms with Gasteiger partial charge in [-0.25, -0.2) is 0 Å². The lowest BCUT2D eigenvalue weighted by molar-refractivity contribution is 0.243. The third-order valence-corrected chi connectivity index (χ3v) is 3.72. The summed E-state index contributed by atoms with van der Waals surface area (Å²) < 4.78 is 0. The maximum absolute atomic E-state index is 5.40. The lowest BCUT2D eigenvalue weighted by Gasteiger charge is -2.29. The van der Waals surface area contributed by atoms with Crippen LogP contribution >= 0.6 is 0 Å². The molecule has 0 bridgehead atoms. The second-order valence-electron chi connectivity index (χ2n) is 4.94. The van der Waals surface area contributed by atoms with Crippen LogP contribution in [0.25, 0.3) is 0 Å². The van der Waals surface area contributed by atoms with Crippen molar-refractivity contribution in [2.45, 2.75) is 32.1 Å². The van der Waals surface area contributed by atoms with Gasteiger partial charge in [0.15, 0.2) is 0 Å². The highest BCUT2D eigenvalue weighted by molar-refractivity contribution is 5.14. The fourth-order valence-corrected chi connectivity index (χ4v) is 2.59. The number of benzene rings is 1. The Bertz CT molecular complexity index is 355. The summed E-state index contributed by atoms with van der Waals surface area (Å²) >= 11 is 0. The second kappa shape index (κ2) is 6.35. The van der Waals surface area contributed by atoms with E-state index in [9.17, 15) is 0 Å². The number of hydrogen-bond donors (Lipinski definition) is 0. The second-order valence-corrected chi connectivity index (χ2v) is 4.94. The van der Waals surface area contributed by atoms with Gasteiger partial charge >= 0.3 is 0 Å². The van der Waals surface area contributed by atoms with E-state index in [1.165, 1.54) is 37.7 Å². The molecule has 0 spiro atoms. The first-order valence-corrected chi connectivity index (χ1v) is 6.63. The molecule has 1 saturated heterocycles. The molecule has 17 heavy (non-hydrogen) atoms. The van der Waals surface area contributed by atoms with Crippen molar-refractivity contribution in [3.63, 3.8) is 0 Å². The third kappa shape index (κ3) is 3.82. The van der Waals surface area contributed by atoms with E-state index in [-0.39, 0.29) is 0 Å². The number of hydrogen-bond acceptors (Lipinski definition) is 1. The minimum Gasteiger partial charge on any atom is -0.333 e. The fraction of sp³-hybridized carbons (Fsp3) is 0.500. The van der Waals surface area contributed by atoms with E-state index < -0.39 is 0 Å². The van der Waals surface area contributed by atoms with Crippen LogP contribution in [-0.2, 0) is 6.42 Å². The average Bonchev–Trinajstić information content (AvgIpc) is 2.41. The summed E-state index contributed by atoms with van der Waals surface area (Å²) in [5.74, 6) is 0.892. The van der Waals surface area contributed by atoms with E-state index in [1.54, 1.807) is 0 Å². The molecule has 1 aliphatic heterocycles. The Hall–Kier alpha value is -1.42. The van der Waals surface area contributed by atoms with Crippen LogP contribution in [0.1, 0.15) is 31.2 Å². The van der Waals surface area contributed by atoms with Gasteiger partial charge < -0.3 is 4.90 Å². The van der Waals surface area contributed by atoms with Crippen LogP contribution in [0, 0.1) is 18.4 Å². The van der Waals surface area contributed by atoms with E-state index in [1.807, 2.05) is 0 Å². The third-order valence-electron chi connectivity index (χ3n) is 3.72. The minimum atomic E-state index is 0.892. The first-order chi connectivity index (χ1) is 8.38. The molecule has 1 nitrogen and oxygen atoms in total. The van der Waals surface area contributed by atoms with Crippen molar-refractivity contribution in [3.05, 3.63) is 35.9 Å². The lowest BCUT2D eigenvalue weighted by Crippen LogP contribution is -2.29. The molecule has 1 aromatic carbocycles. The lowest BCUT2D eigenvalue weighted by atomic mass is 9.91. The van der Waals surface area contributed by atoms with Crippen LogP contribution in [0.5, 0.6) is 0 Å². The normalized spacial score (nSPS) is 16.8. The summed E-state index contributed by atoms with van der Waals surface area (Å²) in [6.07, 6.45) is 11.8. The van der Waals surface area contributed by atoms with Crippen LogP contribution in [0.2, 0.25) is 0 Å². The van der Waals surface area contributed by atoms with Gasteiger partial charge in [0.2, 0.25) is 0 Å². The number of terminal acetylenes is 1. The number of likely N-dealkylation sites (tertiary alicyclic amines) is 1. The van der Waals surface area contributed by atoms with Crippen LogP contribution in [0.15, 0.2) is 30.3 Å². The van der Waals surface area contributed by atoms with Crippen molar-refractivity contribution in [3.8, 4) is 12.5 Å². The van der Waals surface area contributed by atoms with Crippen LogP contribution in [-0.4, -0.2) is 18.0 Å². The fourth-order valence-electron chi connectivity index (χ4n) is 2.59. The SMILES string of the molecule is C#CN1CCC(CCCc2ccccc2)CC1. The van der Waals surface area contributed by atoms with E-state index in [4.69, 9.17) is 6.42 Å². The quantitative estimate of drug-likeness (QED) is 0.713. The molecule has 0 aromatic heterocycles. The molecule has 2 rings (SSSR count). The Labute approximate surface area is 105 Å². The molecule has 0 atom stereocenters. The first-order valence-electron chi connectivity index (χ1n) is 6.63. The van der Waals surface area contributed by atoms with Gasteiger partial charge in [0.1, 0.15) is 0 Å². The Morgan fingerprint density at radius 1 is 1.18 bits per heavy atom. The zero-order valence-corrected chi connectivity index (χ0v) is 10.4. The largest absolute Gasteiger partial charge is 0.333 e. The van der Waals surface area contributed by atoms with Crippen molar-refractivity contribution in [2.24, 2.45) is 5.92 Å². The standard InChI is InChI=1S/C16H21N/c1-2-17-13-11-16(12-14-17)10-6-9-15-7-4-3-5-8-15/h1,3-5,7-8,16H,6,9-14H2. The molecule has 0 radical (unpaired) electrons. The van der Waals surface area contributed by atoms with Gasteiger partial charge in [-0.1, -0.05) is 36.8 Å². The summed E-state index contributed by atoms with van der Waals surface area (Å²) in [6.45, 7) is 2.18. The van der Waals surface area contributed by atoms with Crippen LogP contribution in [0.3, 0.4) is 0 Å². The van der Waals surface area contributed by atoms with Gasteiger partial charge in [0.25, 0.3) is 0 Å². The topological polar surface area (TPSA) is 3.24 Å². The van der Waals surface area contributed by atoms with Crippen molar-refractivity contribution in [2.75, 3.05) is 13.1 Å². The Balaban J connectivity index is 1.65. The molecule has 0 saturated carbocycles. The van der Waals surface area contributed by atoms with Crippen LogP contribution < -0.4 is 0 Å². The highest BCUT2D eigenvalue weighted by Crippen LogP contribution is 2.22. The minimum absolute atomic E-state index is 0.892. The van der Waals surface area contributed by atoms with Gasteiger partial charge in [0, 0.05) is 19.1 Å². The van der Waals surface area contributed by atoms with E-state index in [0.717, 1.165) is 19.0 Å². The van der Waals surface area contributed by atoms with Gasteiger partial charge in [-0.15, -0.1) is 0 Å². The molecule has 0 amide bonds. The van der Waals surface area contributed by atoms with E-state index in [2.05, 4.69) is 41.3 Å². The van der Waals surface area contributed by atoms with Crippen molar-refractivity contribution in [1.29, 1.82) is 0 Å². The highest BCUT2D eigenvalue weighted by atomic mass is 15.1. The first kappa shape index (κ1) is 12.0.